The minimum atomic E-state index is -0.763. The highest BCUT2D eigenvalue weighted by molar-refractivity contribution is 5.71. The summed E-state index contributed by atoms with van der Waals surface area (Å²) in [6.45, 7) is 13.7. The molecule has 0 bridgehead atoms. The second kappa shape index (κ2) is 43.5. The van der Waals surface area contributed by atoms with E-state index in [1.807, 2.05) is 0 Å². The highest BCUT2D eigenvalue weighted by atomic mass is 16.6. The second-order valence-corrected chi connectivity index (χ2v) is 19.0. The Labute approximate surface area is 361 Å². The molecule has 0 aliphatic rings. The summed E-state index contributed by atoms with van der Waals surface area (Å²) < 4.78 is 16.8. The summed E-state index contributed by atoms with van der Waals surface area (Å²) in [5, 5.41) is 0. The molecule has 6 heteroatoms. The first kappa shape index (κ1) is 56.4. The molecular formula is C52H100O6. The monoisotopic (exact) mass is 821 g/mol. The number of rotatable bonds is 45. The summed E-state index contributed by atoms with van der Waals surface area (Å²) >= 11 is 0. The molecule has 0 rings (SSSR count). The smallest absolute Gasteiger partial charge is 0.306 e. The van der Waals surface area contributed by atoms with Crippen molar-refractivity contribution < 1.29 is 28.6 Å². The highest BCUT2D eigenvalue weighted by Crippen LogP contribution is 2.18. The predicted octanol–water partition coefficient (Wildman–Crippen LogP) is 16.4. The van der Waals surface area contributed by atoms with Crippen LogP contribution in [-0.2, 0) is 28.6 Å². The van der Waals surface area contributed by atoms with Crippen LogP contribution >= 0.6 is 0 Å². The average Bonchev–Trinajstić information content (AvgIpc) is 3.19. The Morgan fingerprint density at radius 1 is 0.345 bits per heavy atom. The number of esters is 3. The third-order valence-electron chi connectivity index (χ3n) is 12.0. The van der Waals surface area contributed by atoms with Gasteiger partial charge in [-0.05, 0) is 37.0 Å². The van der Waals surface area contributed by atoms with Gasteiger partial charge < -0.3 is 14.2 Å². The quantitative estimate of drug-likeness (QED) is 0.0346. The van der Waals surface area contributed by atoms with Crippen LogP contribution in [0.2, 0.25) is 0 Å². The van der Waals surface area contributed by atoms with E-state index in [1.54, 1.807) is 0 Å². The maximum atomic E-state index is 12.8. The van der Waals surface area contributed by atoms with Gasteiger partial charge in [-0.15, -0.1) is 0 Å². The van der Waals surface area contributed by atoms with E-state index < -0.39 is 6.10 Å². The Hall–Kier alpha value is -1.59. The second-order valence-electron chi connectivity index (χ2n) is 19.0. The molecule has 0 N–H and O–H groups in total. The molecule has 0 aliphatic carbocycles. The van der Waals surface area contributed by atoms with Crippen molar-refractivity contribution in [3.63, 3.8) is 0 Å². The Kier molecular flexibility index (Phi) is 42.3. The van der Waals surface area contributed by atoms with Crippen LogP contribution in [0.1, 0.15) is 279 Å². The van der Waals surface area contributed by atoms with Crippen LogP contribution in [0.5, 0.6) is 0 Å². The van der Waals surface area contributed by atoms with Crippen LogP contribution in [0.25, 0.3) is 0 Å². The molecular weight excluding hydrogens is 721 g/mol. The first-order valence-electron chi connectivity index (χ1n) is 25.6. The average molecular weight is 821 g/mol. The summed E-state index contributed by atoms with van der Waals surface area (Å²) in [7, 11) is 0. The Morgan fingerprint density at radius 3 is 0.897 bits per heavy atom. The number of hydrogen-bond acceptors (Lipinski definition) is 6. The topological polar surface area (TPSA) is 78.9 Å². The van der Waals surface area contributed by atoms with Crippen molar-refractivity contribution in [2.45, 2.75) is 285 Å². The molecule has 2 atom stereocenters. The molecule has 0 aliphatic heterocycles. The van der Waals surface area contributed by atoms with Crippen molar-refractivity contribution in [2.24, 2.45) is 17.8 Å². The van der Waals surface area contributed by atoms with Gasteiger partial charge in [0.2, 0.25) is 0 Å². The molecule has 0 amide bonds. The highest BCUT2D eigenvalue weighted by Gasteiger charge is 2.19. The van der Waals surface area contributed by atoms with Crippen LogP contribution in [0.3, 0.4) is 0 Å². The van der Waals surface area contributed by atoms with Crippen molar-refractivity contribution in [3.8, 4) is 0 Å². The van der Waals surface area contributed by atoms with Gasteiger partial charge in [0.1, 0.15) is 13.2 Å². The summed E-state index contributed by atoms with van der Waals surface area (Å²) in [5.41, 5.74) is 0. The van der Waals surface area contributed by atoms with Crippen molar-refractivity contribution in [2.75, 3.05) is 13.2 Å². The molecule has 0 spiro atoms. The summed E-state index contributed by atoms with van der Waals surface area (Å²) in [4.78, 5) is 37.9. The van der Waals surface area contributed by atoms with E-state index >= 15 is 0 Å². The Bertz CT molecular complexity index is 900. The molecule has 0 aromatic rings. The fourth-order valence-corrected chi connectivity index (χ4v) is 7.73. The molecule has 0 fully saturated rings. The van der Waals surface area contributed by atoms with Gasteiger partial charge in [-0.3, -0.25) is 14.4 Å². The van der Waals surface area contributed by atoms with Gasteiger partial charge in [0.15, 0.2) is 6.10 Å². The van der Waals surface area contributed by atoms with Gasteiger partial charge in [0.05, 0.1) is 0 Å². The standard InChI is InChI=1S/C52H100O6/c1-7-48(6)40-34-28-22-18-19-24-30-36-42-51(54)57-45-49(44-56-50(53)41-35-29-23-16-13-12-15-21-27-33-39-47(4)5)58-52(55)43-37-31-25-17-11-9-8-10-14-20-26-32-38-46(2)3/h46-49H,7-45H2,1-6H3/t48?,49-/m1/s1. The predicted molar refractivity (Wildman–Crippen MR) is 247 cm³/mol. The SMILES string of the molecule is CCC(C)CCCCCCCCCCC(=O)OC[C@@H](COC(=O)CCCCCCCCCCCCC(C)C)OC(=O)CCCCCCCCCCCCCCC(C)C. The minimum absolute atomic E-state index is 0.0652. The fraction of sp³-hybridized carbons (Fsp3) is 0.942. The molecule has 0 heterocycles. The van der Waals surface area contributed by atoms with E-state index in [0.29, 0.717) is 19.3 Å². The van der Waals surface area contributed by atoms with E-state index in [1.165, 1.54) is 161 Å². The van der Waals surface area contributed by atoms with Gasteiger partial charge in [-0.1, -0.05) is 241 Å². The zero-order chi connectivity index (χ0) is 42.7. The van der Waals surface area contributed by atoms with Crippen molar-refractivity contribution in [3.05, 3.63) is 0 Å². The molecule has 0 saturated heterocycles. The van der Waals surface area contributed by atoms with E-state index in [4.69, 9.17) is 14.2 Å². The zero-order valence-electron chi connectivity index (χ0n) is 39.8. The number of hydrogen-bond donors (Lipinski definition) is 0. The normalized spacial score (nSPS) is 12.6. The van der Waals surface area contributed by atoms with Crippen LogP contribution in [-0.4, -0.2) is 37.2 Å². The number of carbonyl (C=O) groups excluding carboxylic acids is 3. The lowest BCUT2D eigenvalue weighted by Crippen LogP contribution is -2.30. The van der Waals surface area contributed by atoms with Gasteiger partial charge in [-0.2, -0.15) is 0 Å². The largest absolute Gasteiger partial charge is 0.462 e. The van der Waals surface area contributed by atoms with Crippen LogP contribution in [0.4, 0.5) is 0 Å². The van der Waals surface area contributed by atoms with Crippen LogP contribution < -0.4 is 0 Å². The first-order valence-corrected chi connectivity index (χ1v) is 25.6. The van der Waals surface area contributed by atoms with Gasteiger partial charge >= 0.3 is 17.9 Å². The summed E-state index contributed by atoms with van der Waals surface area (Å²) in [6.07, 6.45) is 42.3. The van der Waals surface area contributed by atoms with E-state index in [9.17, 15) is 14.4 Å². The van der Waals surface area contributed by atoms with Crippen molar-refractivity contribution in [1.82, 2.24) is 0 Å². The molecule has 0 aromatic carbocycles. The van der Waals surface area contributed by atoms with Crippen LogP contribution in [0, 0.1) is 17.8 Å². The molecule has 0 radical (unpaired) electrons. The molecule has 344 valence electrons. The maximum Gasteiger partial charge on any atom is 0.306 e. The molecule has 6 nitrogen and oxygen atoms in total. The Balaban J connectivity index is 4.34. The summed E-state index contributed by atoms with van der Waals surface area (Å²) in [5.74, 6) is 1.64. The molecule has 1 unspecified atom stereocenters. The van der Waals surface area contributed by atoms with Crippen molar-refractivity contribution in [1.29, 1.82) is 0 Å². The van der Waals surface area contributed by atoms with Gasteiger partial charge in [0, 0.05) is 19.3 Å². The third-order valence-corrected chi connectivity index (χ3v) is 12.0. The van der Waals surface area contributed by atoms with Gasteiger partial charge in [-0.25, -0.2) is 0 Å². The zero-order valence-corrected chi connectivity index (χ0v) is 39.8. The van der Waals surface area contributed by atoms with Crippen LogP contribution in [0.15, 0.2) is 0 Å². The van der Waals surface area contributed by atoms with E-state index in [2.05, 4.69) is 41.5 Å². The lowest BCUT2D eigenvalue weighted by molar-refractivity contribution is -0.167. The molecule has 0 saturated carbocycles. The van der Waals surface area contributed by atoms with E-state index in [-0.39, 0.29) is 31.1 Å². The van der Waals surface area contributed by atoms with E-state index in [0.717, 1.165) is 75.5 Å². The minimum Gasteiger partial charge on any atom is -0.462 e. The van der Waals surface area contributed by atoms with Gasteiger partial charge in [0.25, 0.3) is 0 Å². The lowest BCUT2D eigenvalue weighted by Gasteiger charge is -2.18. The molecule has 0 aromatic heterocycles. The summed E-state index contributed by atoms with van der Waals surface area (Å²) in [6, 6.07) is 0. The maximum absolute atomic E-state index is 12.8. The Morgan fingerprint density at radius 2 is 0.603 bits per heavy atom. The number of carbonyl (C=O) groups is 3. The number of ether oxygens (including phenoxy) is 3. The first-order chi connectivity index (χ1) is 28.1. The third kappa shape index (κ3) is 44.0. The lowest BCUT2D eigenvalue weighted by atomic mass is 9.99. The number of unbranched alkanes of at least 4 members (excludes halogenated alkanes) is 27. The molecule has 58 heavy (non-hydrogen) atoms. The fourth-order valence-electron chi connectivity index (χ4n) is 7.73. The van der Waals surface area contributed by atoms with Crippen molar-refractivity contribution >= 4 is 17.9 Å².